The van der Waals surface area contributed by atoms with E-state index in [9.17, 15) is 4.79 Å². The first-order valence-electron chi connectivity index (χ1n) is 8.44. The van der Waals surface area contributed by atoms with Gasteiger partial charge < -0.3 is 20.5 Å². The number of fused-ring (bicyclic) bond motifs is 2. The molecule has 3 rings (SSSR count). The third-order valence-corrected chi connectivity index (χ3v) is 5.43. The van der Waals surface area contributed by atoms with Crippen LogP contribution in [0.5, 0.6) is 0 Å². The predicted octanol–water partition coefficient (Wildman–Crippen LogP) is 0.919. The van der Waals surface area contributed by atoms with Crippen LogP contribution in [0.2, 0.25) is 0 Å². The van der Waals surface area contributed by atoms with Crippen molar-refractivity contribution in [1.82, 2.24) is 5.32 Å². The van der Waals surface area contributed by atoms with Crippen molar-refractivity contribution >= 4 is 5.91 Å². The molecule has 5 nitrogen and oxygen atoms in total. The lowest BCUT2D eigenvalue weighted by Gasteiger charge is -2.27. The highest BCUT2D eigenvalue weighted by molar-refractivity contribution is 5.80. The van der Waals surface area contributed by atoms with Gasteiger partial charge in [-0.2, -0.15) is 0 Å². The third kappa shape index (κ3) is 3.58. The predicted molar refractivity (Wildman–Crippen MR) is 79.7 cm³/mol. The zero-order chi connectivity index (χ0) is 14.7. The first-order chi connectivity index (χ1) is 10.3. The lowest BCUT2D eigenvalue weighted by Crippen LogP contribution is -2.45. The summed E-state index contributed by atoms with van der Waals surface area (Å²) < 4.78 is 10.9. The van der Waals surface area contributed by atoms with Gasteiger partial charge in [0.2, 0.25) is 5.91 Å². The molecule has 3 aliphatic rings. The quantitative estimate of drug-likeness (QED) is 0.685. The molecule has 5 atom stereocenters. The molecule has 0 aromatic carbocycles. The van der Waals surface area contributed by atoms with E-state index in [1.54, 1.807) is 0 Å². The van der Waals surface area contributed by atoms with E-state index in [0.717, 1.165) is 39.1 Å². The van der Waals surface area contributed by atoms with Crippen molar-refractivity contribution in [3.05, 3.63) is 0 Å². The maximum Gasteiger partial charge on any atom is 0.224 e. The highest BCUT2D eigenvalue weighted by Crippen LogP contribution is 2.47. The Morgan fingerprint density at radius 1 is 1.29 bits per heavy atom. The summed E-state index contributed by atoms with van der Waals surface area (Å²) in [6, 6.07) is 0.0855. The molecule has 120 valence electrons. The number of carbonyl (C=O) groups is 1. The van der Waals surface area contributed by atoms with Crippen LogP contribution in [0.15, 0.2) is 0 Å². The summed E-state index contributed by atoms with van der Waals surface area (Å²) in [5, 5.41) is 3.04. The van der Waals surface area contributed by atoms with E-state index in [4.69, 9.17) is 15.2 Å². The topological polar surface area (TPSA) is 73.6 Å². The number of hydrogen-bond donors (Lipinski definition) is 2. The molecule has 5 heteroatoms. The van der Waals surface area contributed by atoms with Crippen LogP contribution in [0.3, 0.4) is 0 Å². The second-order valence-corrected chi connectivity index (χ2v) is 6.89. The largest absolute Gasteiger partial charge is 0.381 e. The van der Waals surface area contributed by atoms with Crippen LogP contribution in [0.1, 0.15) is 32.1 Å². The molecule has 1 heterocycles. The Kier molecular flexibility index (Phi) is 5.14. The van der Waals surface area contributed by atoms with Gasteiger partial charge in [-0.15, -0.1) is 0 Å². The van der Waals surface area contributed by atoms with Gasteiger partial charge in [-0.1, -0.05) is 0 Å². The van der Waals surface area contributed by atoms with Gasteiger partial charge in [0.15, 0.2) is 0 Å². The number of nitrogens with one attached hydrogen (secondary N) is 1. The van der Waals surface area contributed by atoms with Gasteiger partial charge in [0.25, 0.3) is 0 Å². The van der Waals surface area contributed by atoms with Crippen molar-refractivity contribution in [1.29, 1.82) is 0 Å². The summed E-state index contributed by atoms with van der Waals surface area (Å²) in [6.45, 7) is 3.89. The van der Waals surface area contributed by atoms with Gasteiger partial charge in [-0.25, -0.2) is 0 Å². The molecule has 0 aromatic rings. The van der Waals surface area contributed by atoms with Gasteiger partial charge in [0.05, 0.1) is 19.1 Å². The first kappa shape index (κ1) is 15.3. The van der Waals surface area contributed by atoms with Gasteiger partial charge in [-0.3, -0.25) is 4.79 Å². The van der Waals surface area contributed by atoms with Crippen molar-refractivity contribution < 1.29 is 14.3 Å². The van der Waals surface area contributed by atoms with Crippen LogP contribution in [0.4, 0.5) is 0 Å². The monoisotopic (exact) mass is 296 g/mol. The fourth-order valence-corrected chi connectivity index (χ4v) is 4.19. The molecule has 2 aliphatic carbocycles. The van der Waals surface area contributed by atoms with Gasteiger partial charge in [0.1, 0.15) is 0 Å². The summed E-state index contributed by atoms with van der Waals surface area (Å²) in [4.78, 5) is 12.2. The highest BCUT2D eigenvalue weighted by atomic mass is 16.5. The number of ether oxygens (including phenoxy) is 2. The molecule has 0 radical (unpaired) electrons. The lowest BCUT2D eigenvalue weighted by atomic mass is 9.84. The zero-order valence-electron chi connectivity index (χ0n) is 12.8. The molecule has 3 N–H and O–H groups in total. The molecule has 2 saturated carbocycles. The normalized spacial score (nSPS) is 38.0. The fourth-order valence-electron chi connectivity index (χ4n) is 4.19. The number of rotatable bonds is 7. The second kappa shape index (κ2) is 7.07. The number of hydrogen-bond acceptors (Lipinski definition) is 4. The van der Waals surface area contributed by atoms with Gasteiger partial charge >= 0.3 is 0 Å². The fraction of sp³-hybridized carbons (Fsp3) is 0.938. The molecular weight excluding hydrogens is 268 g/mol. The summed E-state index contributed by atoms with van der Waals surface area (Å²) in [6.07, 6.45) is 5.54. The maximum absolute atomic E-state index is 12.2. The Morgan fingerprint density at radius 2 is 2.14 bits per heavy atom. The Morgan fingerprint density at radius 3 is 2.86 bits per heavy atom. The minimum absolute atomic E-state index is 0.0558. The Hall–Kier alpha value is -0.650. The molecule has 1 aliphatic heterocycles. The van der Waals surface area contributed by atoms with E-state index in [0.29, 0.717) is 30.9 Å². The van der Waals surface area contributed by atoms with Crippen LogP contribution in [0.25, 0.3) is 0 Å². The minimum Gasteiger partial charge on any atom is -0.381 e. The Bertz CT molecular complexity index is 355. The minimum atomic E-state index is 0.0558. The maximum atomic E-state index is 12.2. The smallest absolute Gasteiger partial charge is 0.224 e. The summed E-state index contributed by atoms with van der Waals surface area (Å²) in [5.41, 5.74) is 6.19. The van der Waals surface area contributed by atoms with Crippen LogP contribution in [-0.2, 0) is 14.3 Å². The van der Waals surface area contributed by atoms with Crippen LogP contribution < -0.4 is 11.1 Å². The van der Waals surface area contributed by atoms with Crippen molar-refractivity contribution in [3.8, 4) is 0 Å². The summed E-state index contributed by atoms with van der Waals surface area (Å²) in [7, 11) is 0. The van der Waals surface area contributed by atoms with Gasteiger partial charge in [-0.05, 0) is 43.9 Å². The number of amides is 1. The molecule has 3 fully saturated rings. The first-order valence-corrected chi connectivity index (χ1v) is 8.44. The van der Waals surface area contributed by atoms with Crippen LogP contribution in [0, 0.1) is 23.7 Å². The molecule has 21 heavy (non-hydrogen) atoms. The number of carbonyl (C=O) groups excluding carboxylic acids is 1. The van der Waals surface area contributed by atoms with Crippen molar-refractivity contribution in [3.63, 3.8) is 0 Å². The van der Waals surface area contributed by atoms with Crippen LogP contribution in [-0.4, -0.2) is 44.9 Å². The van der Waals surface area contributed by atoms with E-state index in [2.05, 4.69) is 5.32 Å². The SMILES string of the molecule is NC1C2CCC(C2)C1C(=O)NCCCOCC1CCOC1. The average Bonchev–Trinajstić information content (AvgIpc) is 3.19. The molecule has 1 amide bonds. The summed E-state index contributed by atoms with van der Waals surface area (Å²) >= 11 is 0. The van der Waals surface area contributed by atoms with Crippen molar-refractivity contribution in [2.45, 2.75) is 38.1 Å². The van der Waals surface area contributed by atoms with Crippen molar-refractivity contribution in [2.75, 3.05) is 33.0 Å². The lowest BCUT2D eigenvalue weighted by molar-refractivity contribution is -0.127. The molecule has 0 spiro atoms. The molecule has 0 aromatic heterocycles. The zero-order valence-corrected chi connectivity index (χ0v) is 12.8. The highest BCUT2D eigenvalue weighted by Gasteiger charge is 2.48. The number of nitrogens with two attached hydrogens (primary N) is 1. The summed E-state index contributed by atoms with van der Waals surface area (Å²) in [5.74, 6) is 1.90. The van der Waals surface area contributed by atoms with E-state index in [1.807, 2.05) is 0 Å². The molecular formula is C16H28N2O3. The van der Waals surface area contributed by atoms with E-state index >= 15 is 0 Å². The second-order valence-electron chi connectivity index (χ2n) is 6.89. The van der Waals surface area contributed by atoms with E-state index in [1.165, 1.54) is 12.8 Å². The van der Waals surface area contributed by atoms with E-state index in [-0.39, 0.29) is 17.9 Å². The Balaban J connectivity index is 1.26. The molecule has 1 saturated heterocycles. The molecule has 5 unspecified atom stereocenters. The molecule has 2 bridgehead atoms. The van der Waals surface area contributed by atoms with E-state index < -0.39 is 0 Å². The standard InChI is InChI=1S/C16H28N2O3/c17-15-13-3-2-12(8-13)14(15)16(19)18-5-1-6-20-9-11-4-7-21-10-11/h11-15H,1-10,17H2,(H,18,19). The Labute approximate surface area is 126 Å². The van der Waals surface area contributed by atoms with Crippen LogP contribution >= 0.6 is 0 Å². The average molecular weight is 296 g/mol. The van der Waals surface area contributed by atoms with Gasteiger partial charge in [0, 0.05) is 31.7 Å². The third-order valence-electron chi connectivity index (χ3n) is 5.43. The van der Waals surface area contributed by atoms with Crippen molar-refractivity contribution in [2.24, 2.45) is 29.4 Å².